The highest BCUT2D eigenvalue weighted by atomic mass is 35.5. The highest BCUT2D eigenvalue weighted by Crippen LogP contribution is 2.25. The molecule has 0 aliphatic rings. The number of nitrogens with zero attached hydrogens (tertiary/aromatic N) is 5. The monoisotopic (exact) mass is 427 g/mol. The SMILES string of the molecule is CNCCCn1c([C@H](C)Nc2nc(N)nc(N)c2C#N)nc2cccc(Cl)c2c1=O. The van der Waals surface area contributed by atoms with Crippen LogP contribution in [0.2, 0.25) is 5.02 Å². The fraction of sp³-hybridized carbons (Fsp3) is 0.316. The number of rotatable bonds is 7. The maximum atomic E-state index is 13.2. The molecule has 0 aliphatic carbocycles. The molecule has 0 bridgehead atoms. The van der Waals surface area contributed by atoms with E-state index in [9.17, 15) is 10.1 Å². The van der Waals surface area contributed by atoms with Crippen molar-refractivity contribution in [2.75, 3.05) is 30.4 Å². The van der Waals surface area contributed by atoms with Gasteiger partial charge >= 0.3 is 0 Å². The number of halogens is 1. The lowest BCUT2D eigenvalue weighted by molar-refractivity contribution is 0.552. The Morgan fingerprint density at radius 1 is 1.30 bits per heavy atom. The Hall–Kier alpha value is -3.42. The normalized spacial score (nSPS) is 11.9. The van der Waals surface area contributed by atoms with Gasteiger partial charge in [0.25, 0.3) is 5.56 Å². The Morgan fingerprint density at radius 3 is 2.77 bits per heavy atom. The van der Waals surface area contributed by atoms with E-state index in [1.54, 1.807) is 22.8 Å². The molecule has 1 atom stereocenters. The van der Waals surface area contributed by atoms with Gasteiger partial charge in [-0.25, -0.2) is 4.98 Å². The Bertz CT molecular complexity index is 1190. The first-order valence-corrected chi connectivity index (χ1v) is 9.68. The average molecular weight is 428 g/mol. The molecule has 6 N–H and O–H groups in total. The number of hydrogen-bond donors (Lipinski definition) is 4. The molecule has 0 saturated carbocycles. The number of aromatic nitrogens is 4. The van der Waals surface area contributed by atoms with Crippen molar-refractivity contribution >= 4 is 40.1 Å². The minimum atomic E-state index is -0.489. The van der Waals surface area contributed by atoms with Gasteiger partial charge in [0, 0.05) is 6.54 Å². The van der Waals surface area contributed by atoms with E-state index < -0.39 is 6.04 Å². The molecule has 0 spiro atoms. The minimum Gasteiger partial charge on any atom is -0.382 e. The summed E-state index contributed by atoms with van der Waals surface area (Å²) < 4.78 is 1.59. The third-order valence-electron chi connectivity index (χ3n) is 4.58. The standard InChI is InChI=1S/C19H22ClN9O/c1-10(25-16-11(9-21)15(22)27-19(23)28-16)17-26-13-6-3-5-12(20)14(13)18(30)29(17)8-4-7-24-2/h3,5-6,10,24H,4,7-8H2,1-2H3,(H5,22,23,25,27,28)/t10-/m0/s1. The molecular formula is C19H22ClN9O. The predicted molar refractivity (Wildman–Crippen MR) is 117 cm³/mol. The maximum Gasteiger partial charge on any atom is 0.262 e. The first-order valence-electron chi connectivity index (χ1n) is 9.30. The molecule has 0 saturated heterocycles. The van der Waals surface area contributed by atoms with Crippen LogP contribution in [-0.2, 0) is 6.54 Å². The molecule has 1 aromatic carbocycles. The average Bonchev–Trinajstić information content (AvgIpc) is 2.69. The van der Waals surface area contributed by atoms with Crippen molar-refractivity contribution in [3.8, 4) is 6.07 Å². The number of nitriles is 1. The number of benzene rings is 1. The first kappa shape index (κ1) is 21.3. The van der Waals surface area contributed by atoms with E-state index in [1.807, 2.05) is 20.0 Å². The molecule has 2 heterocycles. The third kappa shape index (κ3) is 4.12. The number of nitrogens with one attached hydrogen (secondary N) is 2. The second kappa shape index (κ2) is 8.94. The predicted octanol–water partition coefficient (Wildman–Crippen LogP) is 1.66. The molecule has 0 fully saturated rings. The summed E-state index contributed by atoms with van der Waals surface area (Å²) in [7, 11) is 1.84. The van der Waals surface area contributed by atoms with Gasteiger partial charge in [0.15, 0.2) is 5.82 Å². The minimum absolute atomic E-state index is 0.0237. The molecule has 0 unspecified atom stereocenters. The lowest BCUT2D eigenvalue weighted by Gasteiger charge is -2.21. The summed E-state index contributed by atoms with van der Waals surface area (Å²) in [6.45, 7) is 2.97. The van der Waals surface area contributed by atoms with Crippen molar-refractivity contribution in [1.29, 1.82) is 5.26 Å². The Morgan fingerprint density at radius 2 is 2.07 bits per heavy atom. The smallest absolute Gasteiger partial charge is 0.262 e. The van der Waals surface area contributed by atoms with Gasteiger partial charge in [-0.2, -0.15) is 15.2 Å². The van der Waals surface area contributed by atoms with Gasteiger partial charge < -0.3 is 22.1 Å². The van der Waals surface area contributed by atoms with E-state index in [-0.39, 0.29) is 28.7 Å². The van der Waals surface area contributed by atoms with E-state index in [2.05, 4.69) is 25.6 Å². The summed E-state index contributed by atoms with van der Waals surface area (Å²) in [5.41, 5.74) is 11.8. The summed E-state index contributed by atoms with van der Waals surface area (Å²) in [5, 5.41) is 16.3. The number of anilines is 3. The Balaban J connectivity index is 2.11. The van der Waals surface area contributed by atoms with Crippen LogP contribution in [0.3, 0.4) is 0 Å². The molecular weight excluding hydrogens is 406 g/mol. The number of nitrogen functional groups attached to an aromatic ring is 2. The second-order valence-electron chi connectivity index (χ2n) is 6.69. The van der Waals surface area contributed by atoms with E-state index in [4.69, 9.17) is 23.1 Å². The largest absolute Gasteiger partial charge is 0.382 e. The van der Waals surface area contributed by atoms with Crippen LogP contribution in [-0.4, -0.2) is 33.1 Å². The van der Waals surface area contributed by atoms with Gasteiger partial charge in [-0.3, -0.25) is 9.36 Å². The number of hydrogen-bond acceptors (Lipinski definition) is 9. The van der Waals surface area contributed by atoms with Crippen molar-refractivity contribution in [3.05, 3.63) is 45.0 Å². The summed E-state index contributed by atoms with van der Waals surface area (Å²) >= 11 is 6.27. The van der Waals surface area contributed by atoms with Crippen molar-refractivity contribution in [1.82, 2.24) is 24.8 Å². The fourth-order valence-electron chi connectivity index (χ4n) is 3.18. The highest BCUT2D eigenvalue weighted by molar-refractivity contribution is 6.35. The first-order chi connectivity index (χ1) is 14.4. The maximum absolute atomic E-state index is 13.2. The topological polar surface area (TPSA) is 161 Å². The van der Waals surface area contributed by atoms with Gasteiger partial charge in [0.1, 0.15) is 23.3 Å². The van der Waals surface area contributed by atoms with Crippen LogP contribution in [0.25, 0.3) is 10.9 Å². The van der Waals surface area contributed by atoms with Gasteiger partial charge in [-0.15, -0.1) is 0 Å². The molecule has 0 amide bonds. The molecule has 3 rings (SSSR count). The van der Waals surface area contributed by atoms with E-state index >= 15 is 0 Å². The summed E-state index contributed by atoms with van der Waals surface area (Å²) in [5.74, 6) is 0.568. The highest BCUT2D eigenvalue weighted by Gasteiger charge is 2.20. The Kier molecular flexibility index (Phi) is 6.34. The molecule has 3 aromatic rings. The lowest BCUT2D eigenvalue weighted by atomic mass is 10.2. The summed E-state index contributed by atoms with van der Waals surface area (Å²) in [4.78, 5) is 25.8. The fourth-order valence-corrected chi connectivity index (χ4v) is 3.43. The van der Waals surface area contributed by atoms with Crippen LogP contribution in [0.1, 0.15) is 30.8 Å². The number of nitrogens with two attached hydrogens (primary N) is 2. The second-order valence-corrected chi connectivity index (χ2v) is 7.09. The van der Waals surface area contributed by atoms with Crippen molar-refractivity contribution in [2.45, 2.75) is 25.9 Å². The number of fused-ring (bicyclic) bond motifs is 1. The van der Waals surface area contributed by atoms with Crippen LogP contribution in [0, 0.1) is 11.3 Å². The molecule has 156 valence electrons. The van der Waals surface area contributed by atoms with Crippen LogP contribution in [0.15, 0.2) is 23.0 Å². The van der Waals surface area contributed by atoms with Crippen LogP contribution in [0.5, 0.6) is 0 Å². The zero-order chi connectivity index (χ0) is 21.8. The van der Waals surface area contributed by atoms with E-state index in [1.165, 1.54) is 0 Å². The molecule has 2 aromatic heterocycles. The molecule has 0 radical (unpaired) electrons. The van der Waals surface area contributed by atoms with Gasteiger partial charge in [-0.05, 0) is 39.1 Å². The quantitative estimate of drug-likeness (QED) is 0.411. The van der Waals surface area contributed by atoms with Crippen LogP contribution < -0.4 is 27.7 Å². The zero-order valence-corrected chi connectivity index (χ0v) is 17.4. The molecule has 30 heavy (non-hydrogen) atoms. The third-order valence-corrected chi connectivity index (χ3v) is 4.89. The lowest BCUT2D eigenvalue weighted by Crippen LogP contribution is -2.30. The van der Waals surface area contributed by atoms with Crippen molar-refractivity contribution in [2.24, 2.45) is 0 Å². The summed E-state index contributed by atoms with van der Waals surface area (Å²) in [6, 6.07) is 6.62. The van der Waals surface area contributed by atoms with Crippen LogP contribution >= 0.6 is 11.6 Å². The van der Waals surface area contributed by atoms with E-state index in [0.717, 1.165) is 6.54 Å². The molecule has 10 nitrogen and oxygen atoms in total. The Labute approximate surface area is 177 Å². The van der Waals surface area contributed by atoms with Crippen molar-refractivity contribution < 1.29 is 0 Å². The molecule has 11 heteroatoms. The van der Waals surface area contributed by atoms with Crippen LogP contribution in [0.4, 0.5) is 17.6 Å². The van der Waals surface area contributed by atoms with E-state index in [0.29, 0.717) is 34.7 Å². The zero-order valence-electron chi connectivity index (χ0n) is 16.6. The molecule has 0 aliphatic heterocycles. The van der Waals surface area contributed by atoms with Gasteiger partial charge in [0.2, 0.25) is 5.95 Å². The van der Waals surface area contributed by atoms with Gasteiger partial charge in [-0.1, -0.05) is 17.7 Å². The van der Waals surface area contributed by atoms with Gasteiger partial charge in [0.05, 0.1) is 22.0 Å². The summed E-state index contributed by atoms with van der Waals surface area (Å²) in [6.07, 6.45) is 0.713. The van der Waals surface area contributed by atoms with Crippen molar-refractivity contribution in [3.63, 3.8) is 0 Å².